The first kappa shape index (κ1) is 12.4. The van der Waals surface area contributed by atoms with E-state index >= 15 is 0 Å². The molecule has 0 bridgehead atoms. The molecule has 3 aromatic rings. The van der Waals surface area contributed by atoms with Crippen molar-refractivity contribution < 1.29 is 0 Å². The van der Waals surface area contributed by atoms with Gasteiger partial charge in [0.25, 0.3) is 0 Å². The normalized spacial score (nSPS) is 10.8. The second kappa shape index (κ2) is 5.16. The summed E-state index contributed by atoms with van der Waals surface area (Å²) < 4.78 is 8.89. The van der Waals surface area contributed by atoms with Gasteiger partial charge in [-0.1, -0.05) is 0 Å². The molecule has 2 aromatic carbocycles. The topological polar surface area (TPSA) is 37.8 Å². The molecule has 0 fully saturated rings. The summed E-state index contributed by atoms with van der Waals surface area (Å²) in [4.78, 5) is 0. The predicted octanol–water partition coefficient (Wildman–Crippen LogP) is 2.92. The number of nitrogens with zero attached hydrogens (tertiary/aromatic N) is 2. The maximum atomic E-state index is 4.48. The Morgan fingerprint density at radius 3 is 2.89 bits per heavy atom. The van der Waals surface area contributed by atoms with Crippen LogP contribution in [-0.2, 0) is 6.54 Å². The van der Waals surface area contributed by atoms with Gasteiger partial charge in [0.1, 0.15) is 0 Å². The van der Waals surface area contributed by atoms with Crippen molar-refractivity contribution in [2.24, 2.45) is 0 Å². The van der Waals surface area contributed by atoms with Gasteiger partial charge >= 0.3 is 118 Å². The third-order valence-electron chi connectivity index (χ3n) is 3.26. The molecule has 0 radical (unpaired) electrons. The van der Waals surface area contributed by atoms with Crippen LogP contribution < -0.4 is 5.32 Å². The molecule has 0 aliphatic heterocycles. The fraction of sp³-hybridized carbons (Fsp3) is 0.200. The molecular formula is C15H15N3Se. The molecule has 0 aliphatic rings. The Bertz CT molecular complexity index is 718. The fourth-order valence-electron chi connectivity index (χ4n) is 2.13. The van der Waals surface area contributed by atoms with E-state index < -0.39 is 0 Å². The third kappa shape index (κ3) is 2.55. The van der Waals surface area contributed by atoms with Crippen LogP contribution in [0.1, 0.15) is 16.7 Å². The molecule has 1 heterocycles. The molecule has 3 rings (SSSR count). The standard InChI is InChI=1S/C15H15N3Se/c1-10-6-7-11(2)12(8-10)9-16-13-4-3-5-14-15(13)18-19-17-14/h3-8,16H,9H2,1-2H3. The summed E-state index contributed by atoms with van der Waals surface area (Å²) in [6.45, 7) is 5.10. The number of fused-ring (bicyclic) bond motifs is 1. The van der Waals surface area contributed by atoms with Crippen LogP contribution in [0, 0.1) is 13.8 Å². The van der Waals surface area contributed by atoms with Gasteiger partial charge in [-0.3, -0.25) is 0 Å². The van der Waals surface area contributed by atoms with E-state index in [2.05, 4.69) is 51.4 Å². The Kier molecular flexibility index (Phi) is 3.36. The van der Waals surface area contributed by atoms with Crippen molar-refractivity contribution >= 4 is 31.7 Å². The van der Waals surface area contributed by atoms with E-state index in [1.807, 2.05) is 12.1 Å². The Labute approximate surface area is 118 Å². The van der Waals surface area contributed by atoms with Gasteiger partial charge < -0.3 is 0 Å². The van der Waals surface area contributed by atoms with Gasteiger partial charge in [-0.25, -0.2) is 0 Å². The maximum absolute atomic E-state index is 4.48. The zero-order chi connectivity index (χ0) is 13.2. The number of aryl methyl sites for hydroxylation is 2. The first-order chi connectivity index (χ1) is 9.24. The van der Waals surface area contributed by atoms with Crippen molar-refractivity contribution in [3.05, 3.63) is 53.1 Å². The van der Waals surface area contributed by atoms with E-state index in [0.717, 1.165) is 23.3 Å². The molecule has 0 amide bonds. The molecule has 0 aliphatic carbocycles. The average Bonchev–Trinajstić information content (AvgIpc) is 2.88. The van der Waals surface area contributed by atoms with Crippen LogP contribution in [0.5, 0.6) is 0 Å². The zero-order valence-corrected chi connectivity index (χ0v) is 12.7. The van der Waals surface area contributed by atoms with Crippen molar-refractivity contribution in [2.45, 2.75) is 20.4 Å². The van der Waals surface area contributed by atoms with Crippen LogP contribution in [0.15, 0.2) is 36.4 Å². The van der Waals surface area contributed by atoms with Gasteiger partial charge in [-0.05, 0) is 0 Å². The summed E-state index contributed by atoms with van der Waals surface area (Å²) in [6.07, 6.45) is 0. The first-order valence-corrected chi connectivity index (χ1v) is 7.78. The van der Waals surface area contributed by atoms with Crippen LogP contribution in [0.3, 0.4) is 0 Å². The van der Waals surface area contributed by atoms with Crippen molar-refractivity contribution in [1.29, 1.82) is 0 Å². The summed E-state index contributed by atoms with van der Waals surface area (Å²) in [6, 6.07) is 12.7. The summed E-state index contributed by atoms with van der Waals surface area (Å²) in [7, 11) is 0. The number of nitrogens with one attached hydrogen (secondary N) is 1. The molecule has 1 aromatic heterocycles. The fourth-order valence-corrected chi connectivity index (χ4v) is 3.28. The number of hydrogen-bond acceptors (Lipinski definition) is 3. The third-order valence-corrected chi connectivity index (χ3v) is 4.40. The minimum absolute atomic E-state index is 0.0272. The zero-order valence-electron chi connectivity index (χ0n) is 11.0. The van der Waals surface area contributed by atoms with E-state index in [1.165, 1.54) is 16.7 Å². The summed E-state index contributed by atoms with van der Waals surface area (Å²) >= 11 is 0.0272. The Morgan fingerprint density at radius 2 is 2.00 bits per heavy atom. The van der Waals surface area contributed by atoms with E-state index in [4.69, 9.17) is 0 Å². The van der Waals surface area contributed by atoms with Gasteiger partial charge in [-0.15, -0.1) is 0 Å². The summed E-state index contributed by atoms with van der Waals surface area (Å²) in [5, 5.41) is 3.49. The molecule has 96 valence electrons. The van der Waals surface area contributed by atoms with E-state index in [-0.39, 0.29) is 15.0 Å². The van der Waals surface area contributed by atoms with Gasteiger partial charge in [0, 0.05) is 0 Å². The van der Waals surface area contributed by atoms with E-state index in [9.17, 15) is 0 Å². The minimum atomic E-state index is 0.0272. The molecule has 19 heavy (non-hydrogen) atoms. The van der Waals surface area contributed by atoms with Gasteiger partial charge in [0.05, 0.1) is 0 Å². The van der Waals surface area contributed by atoms with Gasteiger partial charge in [0.15, 0.2) is 0 Å². The molecule has 4 heteroatoms. The Balaban J connectivity index is 1.86. The second-order valence-electron chi connectivity index (χ2n) is 4.72. The quantitative estimate of drug-likeness (QED) is 0.755. The summed E-state index contributed by atoms with van der Waals surface area (Å²) in [5.74, 6) is 0. The molecule has 1 N–H and O–H groups in total. The van der Waals surface area contributed by atoms with Gasteiger partial charge in [0.2, 0.25) is 0 Å². The van der Waals surface area contributed by atoms with Crippen LogP contribution >= 0.6 is 0 Å². The van der Waals surface area contributed by atoms with E-state index in [0.29, 0.717) is 0 Å². The molecule has 0 spiro atoms. The number of rotatable bonds is 3. The predicted molar refractivity (Wildman–Crippen MR) is 79.7 cm³/mol. The summed E-state index contributed by atoms with van der Waals surface area (Å²) in [5.41, 5.74) is 7.07. The molecule has 3 nitrogen and oxygen atoms in total. The Hall–Kier alpha value is -1.64. The first-order valence-electron chi connectivity index (χ1n) is 6.25. The van der Waals surface area contributed by atoms with Crippen molar-refractivity contribution in [2.75, 3.05) is 5.32 Å². The molecule has 0 atom stereocenters. The number of benzene rings is 2. The van der Waals surface area contributed by atoms with Crippen molar-refractivity contribution in [1.82, 2.24) is 7.96 Å². The molecule has 0 saturated heterocycles. The molecular weight excluding hydrogens is 301 g/mol. The van der Waals surface area contributed by atoms with Gasteiger partial charge in [-0.2, -0.15) is 0 Å². The molecule has 0 unspecified atom stereocenters. The van der Waals surface area contributed by atoms with Crippen LogP contribution in [-0.4, -0.2) is 22.9 Å². The number of anilines is 1. The van der Waals surface area contributed by atoms with E-state index in [1.54, 1.807) is 0 Å². The monoisotopic (exact) mass is 317 g/mol. The van der Waals surface area contributed by atoms with Crippen LogP contribution in [0.25, 0.3) is 11.0 Å². The Morgan fingerprint density at radius 1 is 1.11 bits per heavy atom. The number of hydrogen-bond donors (Lipinski definition) is 1. The average molecular weight is 316 g/mol. The number of aromatic nitrogens is 2. The van der Waals surface area contributed by atoms with Crippen LogP contribution in [0.2, 0.25) is 0 Å². The van der Waals surface area contributed by atoms with Crippen molar-refractivity contribution in [3.63, 3.8) is 0 Å². The SMILES string of the molecule is Cc1ccc(C)c(CNc2cccc3n[se]nc23)c1. The van der Waals surface area contributed by atoms with Crippen LogP contribution in [0.4, 0.5) is 5.69 Å². The van der Waals surface area contributed by atoms with Crippen molar-refractivity contribution in [3.8, 4) is 0 Å². The molecule has 0 saturated carbocycles. The second-order valence-corrected chi connectivity index (χ2v) is 5.83.